The van der Waals surface area contributed by atoms with Gasteiger partial charge in [0.25, 0.3) is 0 Å². The van der Waals surface area contributed by atoms with E-state index in [-0.39, 0.29) is 0 Å². The normalized spacial score (nSPS) is 11.7. The van der Waals surface area contributed by atoms with Gasteiger partial charge in [-0.15, -0.1) is 0 Å². The van der Waals surface area contributed by atoms with Gasteiger partial charge in [-0.3, -0.25) is 0 Å². The molecule has 0 spiro atoms. The van der Waals surface area contributed by atoms with Gasteiger partial charge in [0.2, 0.25) is 0 Å². The number of benzene rings is 1. The minimum Gasteiger partial charge on any atom is -0.494 e. The van der Waals surface area contributed by atoms with E-state index >= 15 is 0 Å². The number of ether oxygens (including phenoxy) is 1. The predicted molar refractivity (Wildman–Crippen MR) is 108 cm³/mol. The van der Waals surface area contributed by atoms with Gasteiger partial charge in [0.1, 0.15) is 5.75 Å². The van der Waals surface area contributed by atoms with Crippen LogP contribution in [0.1, 0.15) is 53.4 Å². The van der Waals surface area contributed by atoms with E-state index in [0.29, 0.717) is 12.6 Å². The molecule has 5 nitrogen and oxygen atoms in total. The van der Waals surface area contributed by atoms with Gasteiger partial charge in [0, 0.05) is 19.1 Å². The minimum atomic E-state index is 0.385. The molecule has 0 aliphatic rings. The van der Waals surface area contributed by atoms with Crippen molar-refractivity contribution in [3.8, 4) is 5.75 Å². The van der Waals surface area contributed by atoms with Gasteiger partial charge >= 0.3 is 0 Å². The van der Waals surface area contributed by atoms with Crippen molar-refractivity contribution in [1.29, 1.82) is 0 Å². The number of aliphatic imine (C=N–C) groups is 1. The Kier molecular flexibility index (Phi) is 10.7. The Morgan fingerprint density at radius 3 is 2.44 bits per heavy atom. The fourth-order valence-electron chi connectivity index (χ4n) is 2.55. The third kappa shape index (κ3) is 8.25. The molecule has 142 valence electrons. The first-order valence-corrected chi connectivity index (χ1v) is 9.64. The molecule has 0 atom stereocenters. The van der Waals surface area contributed by atoms with E-state index in [2.05, 4.69) is 37.9 Å². The first kappa shape index (κ1) is 21.3. The molecule has 0 aliphatic carbocycles. The number of hydrogen-bond acceptors (Lipinski definition) is 3. The molecule has 1 aromatic carbocycles. The van der Waals surface area contributed by atoms with E-state index in [4.69, 9.17) is 15.5 Å². The molecule has 0 bridgehead atoms. The SMILES string of the molecule is CCCCCOc1ccc(/N=C(/NCCCN)N(CC)C(C)C)cc1. The smallest absolute Gasteiger partial charge is 0.199 e. The molecule has 0 saturated heterocycles. The number of nitrogens with zero attached hydrogens (tertiary/aromatic N) is 2. The molecule has 1 aromatic rings. The molecule has 0 saturated carbocycles. The Hall–Kier alpha value is -1.75. The quantitative estimate of drug-likeness (QED) is 0.361. The average molecular weight is 349 g/mol. The van der Waals surface area contributed by atoms with Crippen LogP contribution in [0.4, 0.5) is 5.69 Å². The molecule has 0 amide bonds. The van der Waals surface area contributed by atoms with Crippen molar-refractivity contribution >= 4 is 11.6 Å². The molecule has 0 fully saturated rings. The van der Waals surface area contributed by atoms with Crippen LogP contribution in [0.2, 0.25) is 0 Å². The minimum absolute atomic E-state index is 0.385. The third-order valence-electron chi connectivity index (χ3n) is 3.99. The topological polar surface area (TPSA) is 62.9 Å². The molecule has 0 radical (unpaired) electrons. The number of rotatable bonds is 11. The Balaban J connectivity index is 2.77. The van der Waals surface area contributed by atoms with E-state index in [9.17, 15) is 0 Å². The van der Waals surface area contributed by atoms with Gasteiger partial charge in [-0.1, -0.05) is 19.8 Å². The first-order chi connectivity index (χ1) is 12.1. The van der Waals surface area contributed by atoms with Crippen LogP contribution in [-0.4, -0.2) is 43.1 Å². The Morgan fingerprint density at radius 2 is 1.88 bits per heavy atom. The van der Waals surface area contributed by atoms with Gasteiger partial charge < -0.3 is 20.7 Å². The summed E-state index contributed by atoms with van der Waals surface area (Å²) < 4.78 is 5.77. The highest BCUT2D eigenvalue weighted by atomic mass is 16.5. The maximum Gasteiger partial charge on any atom is 0.199 e. The number of nitrogens with two attached hydrogens (primary N) is 1. The van der Waals surface area contributed by atoms with Crippen molar-refractivity contribution in [3.05, 3.63) is 24.3 Å². The third-order valence-corrected chi connectivity index (χ3v) is 3.99. The number of nitrogens with one attached hydrogen (secondary N) is 1. The van der Waals surface area contributed by atoms with Gasteiger partial charge in [-0.25, -0.2) is 4.99 Å². The molecule has 25 heavy (non-hydrogen) atoms. The molecular weight excluding hydrogens is 312 g/mol. The van der Waals surface area contributed by atoms with Crippen LogP contribution < -0.4 is 15.8 Å². The van der Waals surface area contributed by atoms with Crippen LogP contribution in [-0.2, 0) is 0 Å². The van der Waals surface area contributed by atoms with Crippen LogP contribution in [0.25, 0.3) is 0 Å². The lowest BCUT2D eigenvalue weighted by Gasteiger charge is -2.29. The summed E-state index contributed by atoms with van der Waals surface area (Å²) in [6.45, 7) is 11.9. The van der Waals surface area contributed by atoms with Crippen LogP contribution in [0.15, 0.2) is 29.3 Å². The zero-order valence-corrected chi connectivity index (χ0v) is 16.4. The van der Waals surface area contributed by atoms with Gasteiger partial charge in [0.15, 0.2) is 5.96 Å². The van der Waals surface area contributed by atoms with E-state index in [0.717, 1.165) is 49.9 Å². The van der Waals surface area contributed by atoms with Crippen molar-refractivity contribution in [1.82, 2.24) is 10.2 Å². The lowest BCUT2D eigenvalue weighted by Crippen LogP contribution is -2.45. The molecular formula is C20H36N4O. The zero-order chi connectivity index (χ0) is 18.5. The van der Waals surface area contributed by atoms with Crippen LogP contribution in [0, 0.1) is 0 Å². The summed E-state index contributed by atoms with van der Waals surface area (Å²) in [4.78, 5) is 7.06. The van der Waals surface area contributed by atoms with Crippen molar-refractivity contribution in [3.63, 3.8) is 0 Å². The molecule has 0 heterocycles. The lowest BCUT2D eigenvalue weighted by atomic mass is 10.2. The Morgan fingerprint density at radius 1 is 1.16 bits per heavy atom. The predicted octanol–water partition coefficient (Wildman–Crippen LogP) is 3.91. The van der Waals surface area contributed by atoms with Crippen LogP contribution in [0.3, 0.4) is 0 Å². The summed E-state index contributed by atoms with van der Waals surface area (Å²) in [5.74, 6) is 1.81. The number of guanidine groups is 1. The van der Waals surface area contributed by atoms with Crippen molar-refractivity contribution in [2.24, 2.45) is 10.7 Å². The fourth-order valence-corrected chi connectivity index (χ4v) is 2.55. The maximum atomic E-state index is 5.77. The van der Waals surface area contributed by atoms with Crippen molar-refractivity contribution < 1.29 is 4.74 Å². The van der Waals surface area contributed by atoms with E-state index in [1.165, 1.54) is 12.8 Å². The van der Waals surface area contributed by atoms with Gasteiger partial charge in [-0.05, 0) is 64.4 Å². The highest BCUT2D eigenvalue weighted by molar-refractivity contribution is 5.83. The molecule has 5 heteroatoms. The second-order valence-corrected chi connectivity index (χ2v) is 6.43. The number of hydrogen-bond donors (Lipinski definition) is 2. The summed E-state index contributed by atoms with van der Waals surface area (Å²) in [5, 5.41) is 3.43. The average Bonchev–Trinajstić information content (AvgIpc) is 2.60. The zero-order valence-electron chi connectivity index (χ0n) is 16.4. The highest BCUT2D eigenvalue weighted by Crippen LogP contribution is 2.19. The second kappa shape index (κ2) is 12.6. The fraction of sp³-hybridized carbons (Fsp3) is 0.650. The summed E-state index contributed by atoms with van der Waals surface area (Å²) >= 11 is 0. The Labute approximate surface area is 153 Å². The summed E-state index contributed by atoms with van der Waals surface area (Å²) in [6, 6.07) is 8.39. The van der Waals surface area contributed by atoms with E-state index < -0.39 is 0 Å². The molecule has 0 aromatic heterocycles. The molecule has 3 N–H and O–H groups in total. The van der Waals surface area contributed by atoms with Gasteiger partial charge in [0.05, 0.1) is 12.3 Å². The Bertz CT molecular complexity index is 485. The standard InChI is InChI=1S/C20H36N4O/c1-5-7-8-16-25-19-12-10-18(11-13-19)23-20(22-15-9-14-21)24(6-2)17(3)4/h10-13,17H,5-9,14-16,21H2,1-4H3,(H,22,23). The summed E-state index contributed by atoms with van der Waals surface area (Å²) in [7, 11) is 0. The highest BCUT2D eigenvalue weighted by Gasteiger charge is 2.12. The van der Waals surface area contributed by atoms with Crippen molar-refractivity contribution in [2.75, 3.05) is 26.2 Å². The summed E-state index contributed by atoms with van der Waals surface area (Å²) in [6.07, 6.45) is 4.45. The molecule has 0 aliphatic heterocycles. The van der Waals surface area contributed by atoms with E-state index in [1.807, 2.05) is 24.3 Å². The van der Waals surface area contributed by atoms with E-state index in [1.54, 1.807) is 0 Å². The van der Waals surface area contributed by atoms with Gasteiger partial charge in [-0.2, -0.15) is 0 Å². The lowest BCUT2D eigenvalue weighted by molar-refractivity contribution is 0.306. The molecule has 1 rings (SSSR count). The monoisotopic (exact) mass is 348 g/mol. The largest absolute Gasteiger partial charge is 0.494 e. The second-order valence-electron chi connectivity index (χ2n) is 6.43. The number of unbranched alkanes of at least 4 members (excludes halogenated alkanes) is 2. The molecule has 0 unspecified atom stereocenters. The van der Waals surface area contributed by atoms with Crippen LogP contribution >= 0.6 is 0 Å². The maximum absolute atomic E-state index is 5.77. The van der Waals surface area contributed by atoms with Crippen LogP contribution in [0.5, 0.6) is 5.75 Å². The van der Waals surface area contributed by atoms with Crippen molar-refractivity contribution in [2.45, 2.75) is 59.4 Å². The summed E-state index contributed by atoms with van der Waals surface area (Å²) in [5.41, 5.74) is 6.53. The first-order valence-electron chi connectivity index (χ1n) is 9.64.